The molecule has 2 heterocycles. The van der Waals surface area contributed by atoms with Crippen LogP contribution in [-0.2, 0) is 19.6 Å². The summed E-state index contributed by atoms with van der Waals surface area (Å²) in [6.45, 7) is 4.07. The van der Waals surface area contributed by atoms with Crippen LogP contribution in [0.3, 0.4) is 0 Å². The van der Waals surface area contributed by atoms with E-state index in [-0.39, 0.29) is 17.4 Å². The molecule has 1 aliphatic carbocycles. The molecule has 26 heavy (non-hydrogen) atoms. The molecule has 1 aromatic rings. The van der Waals surface area contributed by atoms with Gasteiger partial charge in [-0.1, -0.05) is 17.7 Å². The lowest BCUT2D eigenvalue weighted by atomic mass is 9.80. The molecule has 4 rings (SSSR count). The zero-order valence-electron chi connectivity index (χ0n) is 15.1. The van der Waals surface area contributed by atoms with Crippen LogP contribution in [0.2, 0.25) is 0 Å². The maximum atomic E-state index is 12.8. The van der Waals surface area contributed by atoms with Gasteiger partial charge in [-0.2, -0.15) is 4.31 Å². The summed E-state index contributed by atoms with van der Waals surface area (Å²) in [5.74, 6) is 0.684. The van der Waals surface area contributed by atoms with Crippen LogP contribution in [0.5, 0.6) is 0 Å². The molecule has 1 aromatic carbocycles. The number of amides is 1. The number of ether oxygens (including phenoxy) is 1. The molecule has 1 amide bonds. The van der Waals surface area contributed by atoms with E-state index in [9.17, 15) is 13.2 Å². The van der Waals surface area contributed by atoms with Crippen LogP contribution >= 0.6 is 0 Å². The van der Waals surface area contributed by atoms with Gasteiger partial charge in [0.15, 0.2) is 0 Å². The summed E-state index contributed by atoms with van der Waals surface area (Å²) < 4.78 is 33.0. The minimum absolute atomic E-state index is 0.162. The van der Waals surface area contributed by atoms with Gasteiger partial charge in [-0.3, -0.25) is 4.79 Å². The Morgan fingerprint density at radius 3 is 2.58 bits per heavy atom. The Balaban J connectivity index is 1.35. The average Bonchev–Trinajstić information content (AvgIpc) is 3.34. The Morgan fingerprint density at radius 2 is 1.92 bits per heavy atom. The minimum Gasteiger partial charge on any atom is -0.372 e. The molecule has 2 saturated heterocycles. The molecular weight excluding hydrogens is 352 g/mol. The Bertz CT molecular complexity index is 780. The smallest absolute Gasteiger partial charge is 0.243 e. The molecule has 3 fully saturated rings. The molecule has 2 aliphatic heterocycles. The summed E-state index contributed by atoms with van der Waals surface area (Å²) in [6.07, 6.45) is 3.79. The van der Waals surface area contributed by atoms with Crippen molar-refractivity contribution in [2.75, 3.05) is 26.2 Å². The summed E-state index contributed by atoms with van der Waals surface area (Å²) >= 11 is 0. The van der Waals surface area contributed by atoms with Crippen molar-refractivity contribution in [2.45, 2.75) is 43.1 Å². The number of carbonyl (C=O) groups is 1. The first-order chi connectivity index (χ1) is 12.4. The molecule has 1 spiro atoms. The molecule has 1 atom stereocenters. The molecule has 7 heteroatoms. The zero-order valence-corrected chi connectivity index (χ0v) is 15.9. The van der Waals surface area contributed by atoms with E-state index < -0.39 is 10.0 Å². The van der Waals surface area contributed by atoms with Gasteiger partial charge >= 0.3 is 0 Å². The number of nitrogens with zero attached hydrogens (tertiary/aromatic N) is 1. The fraction of sp³-hybridized carbons (Fsp3) is 0.632. The first kappa shape index (κ1) is 17.9. The van der Waals surface area contributed by atoms with Crippen molar-refractivity contribution in [1.29, 1.82) is 0 Å². The molecule has 0 radical (unpaired) electrons. The first-order valence-corrected chi connectivity index (χ1v) is 10.8. The second-order valence-electron chi connectivity index (χ2n) is 7.84. The summed E-state index contributed by atoms with van der Waals surface area (Å²) in [6, 6.07) is 6.96. The van der Waals surface area contributed by atoms with Gasteiger partial charge in [-0.05, 0) is 50.7 Å². The zero-order chi connectivity index (χ0) is 18.4. The molecule has 3 aliphatic rings. The molecule has 1 N–H and O–H groups in total. The number of hydrogen-bond acceptors (Lipinski definition) is 4. The van der Waals surface area contributed by atoms with E-state index >= 15 is 0 Å². The largest absolute Gasteiger partial charge is 0.372 e. The van der Waals surface area contributed by atoms with Crippen molar-refractivity contribution >= 4 is 15.9 Å². The van der Waals surface area contributed by atoms with E-state index in [1.807, 2.05) is 19.1 Å². The van der Waals surface area contributed by atoms with Crippen molar-refractivity contribution < 1.29 is 17.9 Å². The molecular formula is C19H26N2O4S. The van der Waals surface area contributed by atoms with Crippen LogP contribution < -0.4 is 5.32 Å². The van der Waals surface area contributed by atoms with Gasteiger partial charge in [0.2, 0.25) is 15.9 Å². The van der Waals surface area contributed by atoms with Crippen LogP contribution in [0.15, 0.2) is 29.2 Å². The van der Waals surface area contributed by atoms with Crippen LogP contribution in [-0.4, -0.2) is 50.5 Å². The third kappa shape index (κ3) is 3.28. The standard InChI is InChI=1S/C19H26N2O4S/c1-14-2-6-17(7-3-14)26(23,24)21-12-19(13-21)16(9-11-25-19)8-10-20-18(22)15-4-5-15/h2-3,6-7,15-16H,4-5,8-13H2,1H3,(H,20,22). The third-order valence-corrected chi connectivity index (χ3v) is 7.69. The quantitative estimate of drug-likeness (QED) is 0.817. The fourth-order valence-corrected chi connectivity index (χ4v) is 5.54. The molecule has 142 valence electrons. The summed E-state index contributed by atoms with van der Waals surface area (Å²) in [5, 5.41) is 3.00. The molecule has 1 unspecified atom stereocenters. The van der Waals surface area contributed by atoms with Gasteiger partial charge in [0.25, 0.3) is 0 Å². The number of rotatable bonds is 6. The van der Waals surface area contributed by atoms with Crippen LogP contribution in [0.1, 0.15) is 31.2 Å². The normalized spacial score (nSPS) is 25.2. The second kappa shape index (κ2) is 6.62. The van der Waals surface area contributed by atoms with Gasteiger partial charge < -0.3 is 10.1 Å². The Hall–Kier alpha value is -1.44. The van der Waals surface area contributed by atoms with E-state index in [1.54, 1.807) is 12.1 Å². The lowest BCUT2D eigenvalue weighted by Crippen LogP contribution is -2.66. The van der Waals surface area contributed by atoms with E-state index in [0.717, 1.165) is 31.2 Å². The molecule has 0 aromatic heterocycles. The van der Waals surface area contributed by atoms with E-state index in [1.165, 1.54) is 4.31 Å². The van der Waals surface area contributed by atoms with Crippen molar-refractivity contribution in [2.24, 2.45) is 11.8 Å². The highest BCUT2D eigenvalue weighted by atomic mass is 32.2. The van der Waals surface area contributed by atoms with Crippen molar-refractivity contribution in [1.82, 2.24) is 9.62 Å². The molecule has 1 saturated carbocycles. The summed E-state index contributed by atoms with van der Waals surface area (Å²) in [5.41, 5.74) is 0.665. The molecule has 6 nitrogen and oxygen atoms in total. The number of sulfonamides is 1. The topological polar surface area (TPSA) is 75.7 Å². The van der Waals surface area contributed by atoms with Crippen LogP contribution in [0.4, 0.5) is 0 Å². The highest BCUT2D eigenvalue weighted by Gasteiger charge is 2.56. The third-order valence-electron chi connectivity index (χ3n) is 5.89. The average molecular weight is 378 g/mol. The van der Waals surface area contributed by atoms with Crippen molar-refractivity contribution in [3.63, 3.8) is 0 Å². The van der Waals surface area contributed by atoms with Gasteiger partial charge in [-0.25, -0.2) is 8.42 Å². The molecule has 0 bridgehead atoms. The Morgan fingerprint density at radius 1 is 1.23 bits per heavy atom. The highest BCUT2D eigenvalue weighted by molar-refractivity contribution is 7.89. The maximum Gasteiger partial charge on any atom is 0.243 e. The number of nitrogens with one attached hydrogen (secondary N) is 1. The number of hydrogen-bond donors (Lipinski definition) is 1. The number of benzene rings is 1. The van der Waals surface area contributed by atoms with Crippen molar-refractivity contribution in [3.8, 4) is 0 Å². The predicted octanol–water partition coefficient (Wildman–Crippen LogP) is 1.69. The monoisotopic (exact) mass is 378 g/mol. The van der Waals surface area contributed by atoms with Crippen molar-refractivity contribution in [3.05, 3.63) is 29.8 Å². The first-order valence-electron chi connectivity index (χ1n) is 9.39. The van der Waals surface area contributed by atoms with Crippen LogP contribution in [0.25, 0.3) is 0 Å². The Labute approximate surface area is 155 Å². The Kier molecular flexibility index (Phi) is 4.57. The number of carbonyl (C=O) groups excluding carboxylic acids is 1. The van der Waals surface area contributed by atoms with Gasteiger partial charge in [0, 0.05) is 32.2 Å². The maximum absolute atomic E-state index is 12.8. The number of aryl methyl sites for hydroxylation is 1. The predicted molar refractivity (Wildman–Crippen MR) is 97.1 cm³/mol. The lowest BCUT2D eigenvalue weighted by molar-refractivity contribution is -0.122. The van der Waals surface area contributed by atoms with E-state index in [0.29, 0.717) is 37.1 Å². The van der Waals surface area contributed by atoms with Gasteiger partial charge in [0.1, 0.15) is 0 Å². The second-order valence-corrected chi connectivity index (χ2v) is 9.78. The highest BCUT2D eigenvalue weighted by Crippen LogP contribution is 2.43. The van der Waals surface area contributed by atoms with Gasteiger partial charge in [0.05, 0.1) is 10.5 Å². The van der Waals surface area contributed by atoms with Gasteiger partial charge in [-0.15, -0.1) is 0 Å². The van der Waals surface area contributed by atoms with E-state index in [2.05, 4.69) is 5.32 Å². The van der Waals surface area contributed by atoms with Crippen LogP contribution in [0, 0.1) is 18.8 Å². The summed E-state index contributed by atoms with van der Waals surface area (Å²) in [4.78, 5) is 12.1. The summed E-state index contributed by atoms with van der Waals surface area (Å²) in [7, 11) is -3.46. The fourth-order valence-electron chi connectivity index (χ4n) is 3.98. The minimum atomic E-state index is -3.46. The SMILES string of the molecule is Cc1ccc(S(=O)(=O)N2CC3(C2)OCCC3CCNC(=O)C2CC2)cc1. The van der Waals surface area contributed by atoms with E-state index in [4.69, 9.17) is 4.74 Å². The lowest BCUT2D eigenvalue weighted by Gasteiger charge is -2.49.